The summed E-state index contributed by atoms with van der Waals surface area (Å²) in [6, 6.07) is 0. The Morgan fingerprint density at radius 2 is 2.17 bits per heavy atom. The smallest absolute Gasteiger partial charge is 0.287 e. The first kappa shape index (κ1) is 8.25. The second kappa shape index (κ2) is 2.85. The van der Waals surface area contributed by atoms with Crippen LogP contribution >= 0.6 is 12.6 Å². The van der Waals surface area contributed by atoms with Gasteiger partial charge in [0, 0.05) is 5.41 Å². The maximum Gasteiger partial charge on any atom is 0.287 e. The van der Waals surface area contributed by atoms with E-state index in [1.165, 1.54) is 32.1 Å². The Hall–Kier alpha value is -0.360. The third kappa shape index (κ3) is 1.09. The number of rotatable bonds is 2. The molecule has 0 heterocycles. The fourth-order valence-corrected chi connectivity index (χ4v) is 3.17. The molecule has 0 saturated heterocycles. The van der Waals surface area contributed by atoms with Crippen molar-refractivity contribution in [1.82, 2.24) is 0 Å². The van der Waals surface area contributed by atoms with Crippen LogP contribution in [0.4, 0.5) is 0 Å². The first-order chi connectivity index (χ1) is 5.77. The van der Waals surface area contributed by atoms with Crippen LogP contribution in [0.15, 0.2) is 0 Å². The summed E-state index contributed by atoms with van der Waals surface area (Å²) in [7, 11) is 0. The summed E-state index contributed by atoms with van der Waals surface area (Å²) >= 11 is 4.35. The highest BCUT2D eigenvalue weighted by Crippen LogP contribution is 2.57. The first-order valence-corrected chi connectivity index (χ1v) is 5.01. The number of hydrogen-bond acceptors (Lipinski definition) is 3. The van der Waals surface area contributed by atoms with Crippen LogP contribution in [0.3, 0.4) is 0 Å². The van der Waals surface area contributed by atoms with Crippen LogP contribution in [0.2, 0.25) is 0 Å². The van der Waals surface area contributed by atoms with Crippen molar-refractivity contribution < 1.29 is 4.74 Å². The van der Waals surface area contributed by atoms with Crippen LogP contribution in [0, 0.1) is 22.9 Å². The highest BCUT2D eigenvalue weighted by Gasteiger charge is 2.49. The quantitative estimate of drug-likeness (QED) is 0.405. The summed E-state index contributed by atoms with van der Waals surface area (Å²) < 4.78 is 4.92. The average molecular weight is 183 g/mol. The lowest BCUT2D eigenvalue weighted by atomic mass is 9.85. The van der Waals surface area contributed by atoms with Crippen molar-refractivity contribution in [3.8, 4) is 6.26 Å². The van der Waals surface area contributed by atoms with Crippen LogP contribution in [0.25, 0.3) is 0 Å². The fraction of sp³-hybridized carbons (Fsp3) is 0.889. The van der Waals surface area contributed by atoms with Crippen molar-refractivity contribution in [3.63, 3.8) is 0 Å². The van der Waals surface area contributed by atoms with Crippen molar-refractivity contribution in [2.75, 3.05) is 0 Å². The number of ether oxygens (including phenoxy) is 1. The molecule has 2 aliphatic carbocycles. The summed E-state index contributed by atoms with van der Waals surface area (Å²) in [5.74, 6) is 0.891. The molecule has 1 unspecified atom stereocenters. The van der Waals surface area contributed by atoms with Crippen molar-refractivity contribution in [3.05, 3.63) is 0 Å². The molecule has 2 saturated carbocycles. The summed E-state index contributed by atoms with van der Waals surface area (Å²) in [6.45, 7) is 0. The van der Waals surface area contributed by atoms with Gasteiger partial charge in [-0.1, -0.05) is 0 Å². The molecular weight excluding hydrogens is 170 g/mol. The van der Waals surface area contributed by atoms with E-state index in [4.69, 9.17) is 10.00 Å². The van der Waals surface area contributed by atoms with Crippen molar-refractivity contribution >= 4 is 12.6 Å². The van der Waals surface area contributed by atoms with Crippen molar-refractivity contribution in [2.45, 2.75) is 37.5 Å². The molecule has 2 fully saturated rings. The lowest BCUT2D eigenvalue weighted by Crippen LogP contribution is -2.27. The molecule has 0 radical (unpaired) electrons. The number of thiol groups is 1. The standard InChI is InChI=1S/C9H13NOS/c10-6-11-8(12)9-3-1-7(5-9)2-4-9/h7-8,12H,1-5H2. The van der Waals surface area contributed by atoms with Gasteiger partial charge in [-0.15, -0.1) is 12.6 Å². The molecule has 0 aromatic heterocycles. The second-order valence-electron chi connectivity index (χ2n) is 4.07. The Labute approximate surface area is 78.3 Å². The summed E-state index contributed by atoms with van der Waals surface area (Å²) in [5, 5.41) is 8.40. The van der Waals surface area contributed by atoms with Crippen LogP contribution in [0.5, 0.6) is 0 Å². The molecule has 12 heavy (non-hydrogen) atoms. The van der Waals surface area contributed by atoms with Gasteiger partial charge in [-0.3, -0.25) is 0 Å². The van der Waals surface area contributed by atoms with Crippen LogP contribution in [-0.2, 0) is 4.74 Å². The molecule has 0 aromatic carbocycles. The SMILES string of the molecule is N#COC(S)C12CCC(CC1)C2. The molecule has 3 heteroatoms. The van der Waals surface area contributed by atoms with Crippen LogP contribution in [-0.4, -0.2) is 5.44 Å². The van der Waals surface area contributed by atoms with E-state index in [2.05, 4.69) is 12.6 Å². The Morgan fingerprint density at radius 3 is 2.58 bits per heavy atom. The summed E-state index contributed by atoms with van der Waals surface area (Å²) in [6.07, 6.45) is 8.00. The van der Waals surface area contributed by atoms with Gasteiger partial charge < -0.3 is 4.74 Å². The third-order valence-corrected chi connectivity index (χ3v) is 4.14. The predicted molar refractivity (Wildman–Crippen MR) is 48.5 cm³/mol. The zero-order chi connectivity index (χ0) is 8.60. The second-order valence-corrected chi connectivity index (χ2v) is 4.54. The van der Waals surface area contributed by atoms with Gasteiger partial charge in [0.25, 0.3) is 6.26 Å². The fourth-order valence-electron chi connectivity index (χ4n) is 2.76. The predicted octanol–water partition coefficient (Wildman–Crippen LogP) is 2.32. The van der Waals surface area contributed by atoms with Gasteiger partial charge in [0.05, 0.1) is 0 Å². The molecule has 2 rings (SSSR count). The Bertz CT molecular complexity index is 215. The van der Waals surface area contributed by atoms with Gasteiger partial charge in [0.15, 0.2) is 5.44 Å². The largest absolute Gasteiger partial charge is 0.413 e. The lowest BCUT2D eigenvalue weighted by molar-refractivity contribution is 0.0976. The third-order valence-electron chi connectivity index (χ3n) is 3.48. The van der Waals surface area contributed by atoms with Crippen LogP contribution in [0.1, 0.15) is 32.1 Å². The molecule has 2 nitrogen and oxygen atoms in total. The molecule has 0 aliphatic heterocycles. The summed E-state index contributed by atoms with van der Waals surface area (Å²) in [4.78, 5) is 0. The van der Waals surface area contributed by atoms with E-state index in [1.54, 1.807) is 6.26 Å². The zero-order valence-corrected chi connectivity index (χ0v) is 7.89. The monoisotopic (exact) mass is 183 g/mol. The zero-order valence-electron chi connectivity index (χ0n) is 6.99. The topological polar surface area (TPSA) is 33.0 Å². The van der Waals surface area contributed by atoms with Gasteiger partial charge in [-0.2, -0.15) is 5.26 Å². The van der Waals surface area contributed by atoms with Crippen molar-refractivity contribution in [2.24, 2.45) is 11.3 Å². The summed E-state index contributed by atoms with van der Waals surface area (Å²) in [5.41, 5.74) is 0.0822. The van der Waals surface area contributed by atoms with E-state index < -0.39 is 0 Å². The van der Waals surface area contributed by atoms with E-state index in [-0.39, 0.29) is 10.9 Å². The number of hydrogen-bond donors (Lipinski definition) is 1. The van der Waals surface area contributed by atoms with Gasteiger partial charge >= 0.3 is 0 Å². The molecule has 2 bridgehead atoms. The number of fused-ring (bicyclic) bond motifs is 2. The van der Waals surface area contributed by atoms with E-state index in [0.29, 0.717) is 0 Å². The Morgan fingerprint density at radius 1 is 1.50 bits per heavy atom. The van der Waals surface area contributed by atoms with E-state index >= 15 is 0 Å². The normalized spacial score (nSPS) is 40.8. The molecule has 66 valence electrons. The lowest BCUT2D eigenvalue weighted by Gasteiger charge is -2.29. The molecule has 0 spiro atoms. The maximum atomic E-state index is 8.40. The minimum absolute atomic E-state index is 0.157. The minimum atomic E-state index is -0.157. The molecular formula is C9H13NOS. The molecule has 0 aromatic rings. The van der Waals surface area contributed by atoms with E-state index in [0.717, 1.165) is 5.92 Å². The average Bonchev–Trinajstić information content (AvgIpc) is 2.64. The number of nitriles is 1. The molecule has 1 atom stereocenters. The van der Waals surface area contributed by atoms with E-state index in [1.807, 2.05) is 0 Å². The molecule has 2 aliphatic rings. The van der Waals surface area contributed by atoms with Gasteiger partial charge in [0.2, 0.25) is 0 Å². The minimum Gasteiger partial charge on any atom is -0.413 e. The van der Waals surface area contributed by atoms with Crippen LogP contribution < -0.4 is 0 Å². The van der Waals surface area contributed by atoms with Crippen molar-refractivity contribution in [1.29, 1.82) is 5.26 Å². The van der Waals surface area contributed by atoms with Gasteiger partial charge in [-0.25, -0.2) is 0 Å². The Balaban J connectivity index is 2.06. The highest BCUT2D eigenvalue weighted by molar-refractivity contribution is 7.80. The molecule has 0 amide bonds. The van der Waals surface area contributed by atoms with Gasteiger partial charge in [0.1, 0.15) is 0 Å². The highest BCUT2D eigenvalue weighted by atomic mass is 32.1. The maximum absolute atomic E-state index is 8.40. The number of nitrogens with zero attached hydrogens (tertiary/aromatic N) is 1. The molecule has 0 N–H and O–H groups in total. The van der Waals surface area contributed by atoms with Gasteiger partial charge in [-0.05, 0) is 38.0 Å². The first-order valence-electron chi connectivity index (χ1n) is 4.50. The Kier molecular flexibility index (Phi) is 1.96. The van der Waals surface area contributed by atoms with E-state index in [9.17, 15) is 0 Å².